The first-order valence-corrected chi connectivity index (χ1v) is 7.90. The molecule has 0 N–H and O–H groups in total. The van der Waals surface area contributed by atoms with Gasteiger partial charge in [-0.3, -0.25) is 0 Å². The summed E-state index contributed by atoms with van der Waals surface area (Å²) in [5.74, 6) is 1.05. The second-order valence-electron chi connectivity index (χ2n) is 5.17. The average Bonchev–Trinajstić information content (AvgIpc) is 2.40. The highest BCUT2D eigenvalue weighted by Crippen LogP contribution is 2.51. The molecule has 0 aromatic heterocycles. The predicted molar refractivity (Wildman–Crippen MR) is 82.6 cm³/mol. The fraction of sp³-hybridized carbons (Fsp3) is 0.250. The number of halogens is 2. The van der Waals surface area contributed by atoms with E-state index in [2.05, 4.69) is 68.3 Å². The van der Waals surface area contributed by atoms with Crippen molar-refractivity contribution in [1.82, 2.24) is 0 Å². The molecule has 2 atom stereocenters. The summed E-state index contributed by atoms with van der Waals surface area (Å²) < 4.78 is 2.61. The molecule has 0 fully saturated rings. The van der Waals surface area contributed by atoms with Crippen molar-refractivity contribution >= 4 is 31.9 Å². The Morgan fingerprint density at radius 3 is 2.67 bits per heavy atom. The number of rotatable bonds is 0. The van der Waals surface area contributed by atoms with E-state index in [1.807, 2.05) is 0 Å². The van der Waals surface area contributed by atoms with Crippen LogP contribution in [0.5, 0.6) is 0 Å². The zero-order valence-corrected chi connectivity index (χ0v) is 13.0. The fourth-order valence-electron chi connectivity index (χ4n) is 3.42. The van der Waals surface area contributed by atoms with Crippen molar-refractivity contribution in [3.8, 4) is 0 Å². The topological polar surface area (TPSA) is 0 Å². The Hall–Kier alpha value is -0.600. The highest BCUT2D eigenvalue weighted by molar-refractivity contribution is 9.12. The van der Waals surface area contributed by atoms with Gasteiger partial charge in [0.15, 0.2) is 0 Å². The SMILES string of the molecule is BrC1=C2C=CC3=C4C(=C(Br)CC3)C=CC(C=C1)C24. The van der Waals surface area contributed by atoms with Crippen LogP contribution in [-0.2, 0) is 0 Å². The van der Waals surface area contributed by atoms with E-state index in [9.17, 15) is 0 Å². The maximum Gasteiger partial charge on any atom is 0.0210 e. The van der Waals surface area contributed by atoms with Gasteiger partial charge in [-0.15, -0.1) is 0 Å². The van der Waals surface area contributed by atoms with E-state index in [0.29, 0.717) is 11.8 Å². The average molecular weight is 364 g/mol. The summed E-state index contributed by atoms with van der Waals surface area (Å²) in [6.45, 7) is 0. The van der Waals surface area contributed by atoms with Gasteiger partial charge in [-0.05, 0) is 35.1 Å². The summed E-state index contributed by atoms with van der Waals surface area (Å²) in [6, 6.07) is 0. The molecule has 4 aliphatic rings. The summed E-state index contributed by atoms with van der Waals surface area (Å²) in [4.78, 5) is 0. The summed E-state index contributed by atoms with van der Waals surface area (Å²) >= 11 is 7.46. The maximum absolute atomic E-state index is 3.76. The molecule has 90 valence electrons. The molecule has 0 heterocycles. The summed E-state index contributed by atoms with van der Waals surface area (Å²) in [7, 11) is 0. The third kappa shape index (κ3) is 1.42. The molecule has 0 bridgehead atoms. The zero-order chi connectivity index (χ0) is 12.3. The number of allylic oxidation sites excluding steroid dienone is 12. The molecular weight excluding hydrogens is 352 g/mol. The Balaban J connectivity index is 2.02. The summed E-state index contributed by atoms with van der Waals surface area (Å²) in [5.41, 5.74) is 5.95. The minimum absolute atomic E-state index is 0.525. The van der Waals surface area contributed by atoms with Gasteiger partial charge < -0.3 is 0 Å². The minimum atomic E-state index is 0.525. The van der Waals surface area contributed by atoms with E-state index in [1.165, 1.54) is 32.1 Å². The van der Waals surface area contributed by atoms with Crippen LogP contribution in [0.4, 0.5) is 0 Å². The van der Waals surface area contributed by atoms with E-state index in [-0.39, 0.29) is 0 Å². The van der Waals surface area contributed by atoms with E-state index in [0.717, 1.165) is 6.42 Å². The lowest BCUT2D eigenvalue weighted by atomic mass is 9.66. The first-order chi connectivity index (χ1) is 8.75. The lowest BCUT2D eigenvalue weighted by Gasteiger charge is -2.39. The van der Waals surface area contributed by atoms with Gasteiger partial charge in [0.1, 0.15) is 0 Å². The van der Waals surface area contributed by atoms with E-state index >= 15 is 0 Å². The van der Waals surface area contributed by atoms with Gasteiger partial charge >= 0.3 is 0 Å². The van der Waals surface area contributed by atoms with Crippen molar-refractivity contribution in [2.75, 3.05) is 0 Å². The third-order valence-corrected chi connectivity index (χ3v) is 5.81. The molecule has 0 nitrogen and oxygen atoms in total. The first kappa shape index (κ1) is 11.2. The first-order valence-electron chi connectivity index (χ1n) is 6.32. The van der Waals surface area contributed by atoms with Crippen LogP contribution in [0.1, 0.15) is 12.8 Å². The van der Waals surface area contributed by atoms with Crippen LogP contribution in [0.25, 0.3) is 0 Å². The molecule has 2 heteroatoms. The number of hydrogen-bond donors (Lipinski definition) is 0. The second kappa shape index (κ2) is 3.94. The molecule has 4 aliphatic carbocycles. The van der Waals surface area contributed by atoms with Gasteiger partial charge in [0.2, 0.25) is 0 Å². The van der Waals surface area contributed by atoms with Crippen molar-refractivity contribution in [2.24, 2.45) is 11.8 Å². The van der Waals surface area contributed by atoms with Gasteiger partial charge in [-0.1, -0.05) is 68.3 Å². The van der Waals surface area contributed by atoms with Gasteiger partial charge in [-0.2, -0.15) is 0 Å². The Morgan fingerprint density at radius 2 is 1.78 bits per heavy atom. The van der Waals surface area contributed by atoms with Crippen molar-refractivity contribution in [3.05, 3.63) is 67.7 Å². The molecule has 18 heavy (non-hydrogen) atoms. The zero-order valence-electron chi connectivity index (χ0n) is 9.79. The second-order valence-corrected chi connectivity index (χ2v) is 6.98. The largest absolute Gasteiger partial charge is 0.0760 e. The van der Waals surface area contributed by atoms with Crippen molar-refractivity contribution in [3.63, 3.8) is 0 Å². The smallest absolute Gasteiger partial charge is 0.0210 e. The Kier molecular flexibility index (Phi) is 2.46. The van der Waals surface area contributed by atoms with Crippen molar-refractivity contribution in [1.29, 1.82) is 0 Å². The predicted octanol–water partition coefficient (Wildman–Crippen LogP) is 5.32. The minimum Gasteiger partial charge on any atom is -0.0760 e. The quantitative estimate of drug-likeness (QED) is 0.546. The molecular formula is C16H12Br2. The van der Waals surface area contributed by atoms with E-state index in [4.69, 9.17) is 0 Å². The molecule has 0 saturated carbocycles. The molecule has 0 spiro atoms. The van der Waals surface area contributed by atoms with Gasteiger partial charge in [-0.25, -0.2) is 0 Å². The lowest BCUT2D eigenvalue weighted by molar-refractivity contribution is 0.585. The molecule has 0 saturated heterocycles. The van der Waals surface area contributed by atoms with Crippen LogP contribution < -0.4 is 0 Å². The van der Waals surface area contributed by atoms with Crippen molar-refractivity contribution in [2.45, 2.75) is 12.8 Å². The van der Waals surface area contributed by atoms with Gasteiger partial charge in [0.25, 0.3) is 0 Å². The highest BCUT2D eigenvalue weighted by atomic mass is 79.9. The van der Waals surface area contributed by atoms with Gasteiger partial charge in [0, 0.05) is 20.8 Å². The molecule has 4 rings (SSSR count). The molecule has 0 aromatic rings. The van der Waals surface area contributed by atoms with E-state index < -0.39 is 0 Å². The van der Waals surface area contributed by atoms with Gasteiger partial charge in [0.05, 0.1) is 0 Å². The molecule has 0 aliphatic heterocycles. The maximum atomic E-state index is 3.76. The van der Waals surface area contributed by atoms with Crippen LogP contribution in [0.3, 0.4) is 0 Å². The van der Waals surface area contributed by atoms with Crippen molar-refractivity contribution < 1.29 is 0 Å². The van der Waals surface area contributed by atoms with Crippen LogP contribution in [-0.4, -0.2) is 0 Å². The van der Waals surface area contributed by atoms with Crippen LogP contribution in [0.15, 0.2) is 67.7 Å². The standard InChI is InChI=1S/C16H12Br2/c17-13-8-4-10-2-6-12-14(18)7-3-9-1-5-11(13)16(10)15(9)12/h1-3,5-7,9,15H,4,8H2. The summed E-state index contributed by atoms with van der Waals surface area (Å²) in [5, 5.41) is 0. The summed E-state index contributed by atoms with van der Waals surface area (Å²) in [6.07, 6.45) is 16.1. The van der Waals surface area contributed by atoms with Crippen LogP contribution in [0.2, 0.25) is 0 Å². The molecule has 0 aromatic carbocycles. The number of hydrogen-bond acceptors (Lipinski definition) is 0. The fourth-order valence-corrected chi connectivity index (χ4v) is 4.49. The van der Waals surface area contributed by atoms with E-state index in [1.54, 1.807) is 5.57 Å². The Morgan fingerprint density at radius 1 is 0.944 bits per heavy atom. The Labute approximate surface area is 124 Å². The highest BCUT2D eigenvalue weighted by Gasteiger charge is 2.37. The Bertz CT molecular complexity index is 623. The van der Waals surface area contributed by atoms with Crippen LogP contribution in [0, 0.1) is 11.8 Å². The molecule has 0 radical (unpaired) electrons. The normalized spacial score (nSPS) is 32.3. The monoisotopic (exact) mass is 362 g/mol. The molecule has 0 amide bonds. The van der Waals surface area contributed by atoms with Crippen LogP contribution >= 0.6 is 31.9 Å². The lowest BCUT2D eigenvalue weighted by Crippen LogP contribution is -2.27. The molecule has 2 unspecified atom stereocenters. The third-order valence-electron chi connectivity index (χ3n) is 4.26.